The van der Waals surface area contributed by atoms with Crippen molar-refractivity contribution in [2.75, 3.05) is 51.6 Å². The topological polar surface area (TPSA) is 69.6 Å². The van der Waals surface area contributed by atoms with Crippen LogP contribution in [0.5, 0.6) is 0 Å². The highest BCUT2D eigenvalue weighted by Gasteiger charge is 2.25. The number of piperazine rings is 1. The van der Waals surface area contributed by atoms with Gasteiger partial charge in [-0.25, -0.2) is 9.97 Å². The predicted molar refractivity (Wildman–Crippen MR) is 112 cm³/mol. The van der Waals surface area contributed by atoms with E-state index in [1.165, 1.54) is 18.2 Å². The normalized spacial score (nSPS) is 18.6. The van der Waals surface area contributed by atoms with Crippen LogP contribution in [0.15, 0.2) is 22.8 Å². The molecule has 2 aliphatic heterocycles. The highest BCUT2D eigenvalue weighted by atomic mass is 32.2. The minimum Gasteiger partial charge on any atom is -0.342 e. The van der Waals surface area contributed by atoms with E-state index in [4.69, 9.17) is 0 Å². The van der Waals surface area contributed by atoms with E-state index in [0.717, 1.165) is 54.3 Å². The summed E-state index contributed by atoms with van der Waals surface area (Å²) in [5.41, 5.74) is 0. The molecule has 0 radical (unpaired) electrons. The summed E-state index contributed by atoms with van der Waals surface area (Å²) in [7, 11) is 0. The van der Waals surface area contributed by atoms with Crippen LogP contribution in [-0.2, 0) is 9.59 Å². The van der Waals surface area contributed by atoms with Gasteiger partial charge in [0.1, 0.15) is 16.2 Å². The second kappa shape index (κ2) is 9.19. The first kappa shape index (κ1) is 19.6. The molecule has 7 nitrogen and oxygen atoms in total. The average Bonchev–Trinajstić information content (AvgIpc) is 3.22. The lowest BCUT2D eigenvalue weighted by atomic mass is 10.1. The fourth-order valence-corrected chi connectivity index (χ4v) is 5.38. The third kappa shape index (κ3) is 4.64. The molecular weight excluding hydrogens is 394 g/mol. The maximum Gasteiger partial charge on any atom is 0.236 e. The standard InChI is InChI=1S/C19H25N5O2S2/c25-16(23-5-2-1-3-6-23)12-22-7-9-24(10-8-22)17(26)13-28-19-15-4-11-27-18(15)20-14-21-19/h4,11,14H,1-3,5-10,12-13H2. The molecule has 0 atom stereocenters. The van der Waals surface area contributed by atoms with Gasteiger partial charge in [-0.15, -0.1) is 11.3 Å². The van der Waals surface area contributed by atoms with Crippen LogP contribution in [0, 0.1) is 0 Å². The van der Waals surface area contributed by atoms with E-state index >= 15 is 0 Å². The monoisotopic (exact) mass is 419 g/mol. The van der Waals surface area contributed by atoms with Crippen molar-refractivity contribution in [3.63, 3.8) is 0 Å². The number of thiophene rings is 1. The molecule has 28 heavy (non-hydrogen) atoms. The van der Waals surface area contributed by atoms with Crippen LogP contribution >= 0.6 is 23.1 Å². The van der Waals surface area contributed by atoms with Crippen LogP contribution in [0.4, 0.5) is 0 Å². The summed E-state index contributed by atoms with van der Waals surface area (Å²) >= 11 is 3.06. The molecule has 4 rings (SSSR count). The molecule has 2 fully saturated rings. The molecule has 2 aliphatic rings. The largest absolute Gasteiger partial charge is 0.342 e. The Balaban J connectivity index is 1.22. The van der Waals surface area contributed by atoms with E-state index in [1.54, 1.807) is 17.7 Å². The van der Waals surface area contributed by atoms with Gasteiger partial charge in [-0.3, -0.25) is 14.5 Å². The first-order valence-corrected chi connectivity index (χ1v) is 11.7. The highest BCUT2D eigenvalue weighted by molar-refractivity contribution is 8.00. The van der Waals surface area contributed by atoms with Crippen LogP contribution in [0.2, 0.25) is 0 Å². The summed E-state index contributed by atoms with van der Waals surface area (Å²) in [6.07, 6.45) is 5.03. The van der Waals surface area contributed by atoms with Gasteiger partial charge in [0.25, 0.3) is 0 Å². The quantitative estimate of drug-likeness (QED) is 0.545. The fourth-order valence-electron chi connectivity index (χ4n) is 3.69. The maximum atomic E-state index is 12.6. The van der Waals surface area contributed by atoms with Crippen molar-refractivity contribution in [1.29, 1.82) is 0 Å². The molecule has 2 aromatic rings. The third-order valence-electron chi connectivity index (χ3n) is 5.35. The number of amides is 2. The zero-order valence-electron chi connectivity index (χ0n) is 15.9. The molecule has 0 spiro atoms. The minimum atomic E-state index is 0.133. The molecule has 4 heterocycles. The number of likely N-dealkylation sites (tertiary alicyclic amines) is 1. The number of aromatic nitrogens is 2. The Morgan fingerprint density at radius 3 is 2.50 bits per heavy atom. The molecule has 2 aromatic heterocycles. The lowest BCUT2D eigenvalue weighted by Gasteiger charge is -2.36. The number of hydrogen-bond donors (Lipinski definition) is 0. The number of hydrogen-bond acceptors (Lipinski definition) is 7. The van der Waals surface area contributed by atoms with Gasteiger partial charge >= 0.3 is 0 Å². The van der Waals surface area contributed by atoms with E-state index in [9.17, 15) is 9.59 Å². The Morgan fingerprint density at radius 1 is 0.964 bits per heavy atom. The van der Waals surface area contributed by atoms with Gasteiger partial charge in [0.2, 0.25) is 11.8 Å². The Bertz CT molecular complexity index is 829. The van der Waals surface area contributed by atoms with E-state index in [-0.39, 0.29) is 11.8 Å². The SMILES string of the molecule is O=C(CSc1ncnc2sccc12)N1CCN(CC(=O)N2CCCCC2)CC1. The Labute approximate surface area is 173 Å². The van der Waals surface area contributed by atoms with Crippen molar-refractivity contribution in [2.24, 2.45) is 0 Å². The molecule has 9 heteroatoms. The number of rotatable bonds is 5. The van der Waals surface area contributed by atoms with E-state index in [0.29, 0.717) is 25.4 Å². The number of thioether (sulfide) groups is 1. The zero-order chi connectivity index (χ0) is 19.3. The van der Waals surface area contributed by atoms with Gasteiger partial charge < -0.3 is 9.80 Å². The van der Waals surface area contributed by atoms with Crippen molar-refractivity contribution in [3.8, 4) is 0 Å². The summed E-state index contributed by atoms with van der Waals surface area (Å²) in [5, 5.41) is 3.88. The van der Waals surface area contributed by atoms with Crippen LogP contribution in [0.3, 0.4) is 0 Å². The number of nitrogens with zero attached hydrogens (tertiary/aromatic N) is 5. The molecular formula is C19H25N5O2S2. The first-order chi connectivity index (χ1) is 13.7. The maximum absolute atomic E-state index is 12.6. The first-order valence-electron chi connectivity index (χ1n) is 9.79. The number of piperidine rings is 1. The van der Waals surface area contributed by atoms with Crippen molar-refractivity contribution >= 4 is 45.1 Å². The average molecular weight is 420 g/mol. The molecule has 2 amide bonds. The molecule has 0 unspecified atom stereocenters. The second-order valence-corrected chi connectivity index (χ2v) is 9.06. The minimum absolute atomic E-state index is 0.133. The Morgan fingerprint density at radius 2 is 1.71 bits per heavy atom. The zero-order valence-corrected chi connectivity index (χ0v) is 17.5. The lowest BCUT2D eigenvalue weighted by molar-refractivity contribution is -0.134. The molecule has 0 aliphatic carbocycles. The van der Waals surface area contributed by atoms with E-state index in [2.05, 4.69) is 14.9 Å². The van der Waals surface area contributed by atoms with E-state index in [1.807, 2.05) is 21.2 Å². The van der Waals surface area contributed by atoms with Gasteiger partial charge in [0.05, 0.1) is 12.3 Å². The Kier molecular flexibility index (Phi) is 6.43. The van der Waals surface area contributed by atoms with Crippen molar-refractivity contribution < 1.29 is 9.59 Å². The lowest BCUT2D eigenvalue weighted by Crippen LogP contribution is -2.52. The van der Waals surface area contributed by atoms with Crippen LogP contribution < -0.4 is 0 Å². The summed E-state index contributed by atoms with van der Waals surface area (Å²) in [5.74, 6) is 0.752. The van der Waals surface area contributed by atoms with Crippen molar-refractivity contribution in [2.45, 2.75) is 24.3 Å². The summed E-state index contributed by atoms with van der Waals surface area (Å²) in [6, 6.07) is 2.00. The summed E-state index contributed by atoms with van der Waals surface area (Å²) < 4.78 is 0. The fraction of sp³-hybridized carbons (Fsp3) is 0.579. The molecule has 0 bridgehead atoms. The van der Waals surface area contributed by atoms with E-state index < -0.39 is 0 Å². The van der Waals surface area contributed by atoms with Gasteiger partial charge in [-0.05, 0) is 30.7 Å². The van der Waals surface area contributed by atoms with Gasteiger partial charge in [-0.2, -0.15) is 0 Å². The van der Waals surface area contributed by atoms with Crippen molar-refractivity contribution in [1.82, 2.24) is 24.7 Å². The number of carbonyl (C=O) groups excluding carboxylic acids is 2. The number of carbonyl (C=O) groups is 2. The predicted octanol–water partition coefficient (Wildman–Crippen LogP) is 1.94. The molecule has 0 saturated carbocycles. The van der Waals surface area contributed by atoms with Crippen LogP contribution in [0.25, 0.3) is 10.2 Å². The third-order valence-corrected chi connectivity index (χ3v) is 7.16. The van der Waals surface area contributed by atoms with Gasteiger partial charge in [0, 0.05) is 44.7 Å². The smallest absolute Gasteiger partial charge is 0.236 e. The second-order valence-electron chi connectivity index (χ2n) is 7.21. The van der Waals surface area contributed by atoms with Crippen molar-refractivity contribution in [3.05, 3.63) is 17.8 Å². The molecule has 2 saturated heterocycles. The molecule has 0 N–H and O–H groups in total. The van der Waals surface area contributed by atoms with Gasteiger partial charge in [0.15, 0.2) is 0 Å². The summed E-state index contributed by atoms with van der Waals surface area (Å²) in [4.78, 5) is 40.6. The van der Waals surface area contributed by atoms with Gasteiger partial charge in [-0.1, -0.05) is 11.8 Å². The number of fused-ring (bicyclic) bond motifs is 1. The van der Waals surface area contributed by atoms with Crippen LogP contribution in [0.1, 0.15) is 19.3 Å². The van der Waals surface area contributed by atoms with Crippen LogP contribution in [-0.4, -0.2) is 88.0 Å². The summed E-state index contributed by atoms with van der Waals surface area (Å²) in [6.45, 7) is 5.17. The highest BCUT2D eigenvalue weighted by Crippen LogP contribution is 2.27. The Hall–Kier alpha value is -1.71. The molecule has 0 aromatic carbocycles. The molecule has 150 valence electrons.